The van der Waals surface area contributed by atoms with E-state index < -0.39 is 28.5 Å². The maximum Gasteiger partial charge on any atom is 0.264 e. The standard InChI is InChI=1S/C31H39N3O4S/c1-21(2)32-31(36)26(7)33(19-27-10-8-9-23(4)17-27)30(35)20-34(29-18-24(5)11-14-25(29)6)39(37,38)28-15-12-22(3)13-16-28/h8-18,21,26H,19-20H2,1-7H3,(H,32,36)/t26-/m1/s1. The van der Waals surface area contributed by atoms with Gasteiger partial charge in [-0.3, -0.25) is 13.9 Å². The number of benzene rings is 3. The van der Waals surface area contributed by atoms with Crippen LogP contribution in [0.2, 0.25) is 0 Å². The Morgan fingerprint density at radius 1 is 0.821 bits per heavy atom. The Morgan fingerprint density at radius 3 is 2.05 bits per heavy atom. The number of rotatable bonds is 10. The van der Waals surface area contributed by atoms with Crippen LogP contribution < -0.4 is 9.62 Å². The topological polar surface area (TPSA) is 86.8 Å². The normalized spacial score (nSPS) is 12.2. The van der Waals surface area contributed by atoms with Crippen LogP contribution in [0.5, 0.6) is 0 Å². The molecule has 2 amide bonds. The fraction of sp³-hybridized carbons (Fsp3) is 0.355. The maximum atomic E-state index is 14.0. The number of hydrogen-bond acceptors (Lipinski definition) is 4. The second-order valence-corrected chi connectivity index (χ2v) is 12.3. The molecule has 0 saturated carbocycles. The molecule has 3 aromatic carbocycles. The molecular formula is C31H39N3O4S. The molecule has 0 unspecified atom stereocenters. The van der Waals surface area contributed by atoms with Crippen LogP contribution >= 0.6 is 0 Å². The molecule has 8 heteroatoms. The van der Waals surface area contributed by atoms with Crippen molar-refractivity contribution in [2.45, 2.75) is 72.0 Å². The van der Waals surface area contributed by atoms with Crippen molar-refractivity contribution in [2.75, 3.05) is 10.8 Å². The lowest BCUT2D eigenvalue weighted by atomic mass is 10.1. The maximum absolute atomic E-state index is 14.0. The van der Waals surface area contributed by atoms with Gasteiger partial charge in [0.1, 0.15) is 12.6 Å². The summed E-state index contributed by atoms with van der Waals surface area (Å²) in [4.78, 5) is 28.6. The smallest absolute Gasteiger partial charge is 0.264 e. The third kappa shape index (κ3) is 7.47. The molecule has 7 nitrogen and oxygen atoms in total. The molecule has 0 spiro atoms. The summed E-state index contributed by atoms with van der Waals surface area (Å²) in [6, 6.07) is 18.9. The molecule has 0 bridgehead atoms. The minimum absolute atomic E-state index is 0.0950. The number of nitrogens with one attached hydrogen (secondary N) is 1. The van der Waals surface area contributed by atoms with Gasteiger partial charge >= 0.3 is 0 Å². The molecule has 3 rings (SSSR count). The number of sulfonamides is 1. The van der Waals surface area contributed by atoms with Crippen molar-refractivity contribution in [1.29, 1.82) is 0 Å². The van der Waals surface area contributed by atoms with Gasteiger partial charge in [0.25, 0.3) is 10.0 Å². The Kier molecular flexibility index (Phi) is 9.56. The van der Waals surface area contributed by atoms with Crippen LogP contribution in [0.4, 0.5) is 5.69 Å². The molecule has 0 fully saturated rings. The second kappa shape index (κ2) is 12.5. The van der Waals surface area contributed by atoms with Gasteiger partial charge in [0, 0.05) is 12.6 Å². The van der Waals surface area contributed by atoms with Crippen molar-refractivity contribution in [3.05, 3.63) is 94.5 Å². The molecule has 39 heavy (non-hydrogen) atoms. The third-order valence-electron chi connectivity index (χ3n) is 6.55. The average molecular weight is 550 g/mol. The predicted molar refractivity (Wildman–Crippen MR) is 156 cm³/mol. The number of aryl methyl sites for hydroxylation is 4. The number of nitrogens with zero attached hydrogens (tertiary/aromatic N) is 2. The molecule has 0 aromatic heterocycles. The van der Waals surface area contributed by atoms with E-state index in [-0.39, 0.29) is 23.4 Å². The lowest BCUT2D eigenvalue weighted by Gasteiger charge is -2.33. The molecule has 0 aliphatic carbocycles. The first-order valence-corrected chi connectivity index (χ1v) is 14.6. The zero-order valence-corrected chi connectivity index (χ0v) is 24.7. The summed E-state index contributed by atoms with van der Waals surface area (Å²) < 4.78 is 29.2. The molecule has 0 aliphatic heterocycles. The minimum Gasteiger partial charge on any atom is -0.352 e. The third-order valence-corrected chi connectivity index (χ3v) is 8.33. The van der Waals surface area contributed by atoms with Crippen molar-refractivity contribution in [3.8, 4) is 0 Å². The van der Waals surface area contributed by atoms with Crippen LogP contribution in [0.15, 0.2) is 71.6 Å². The van der Waals surface area contributed by atoms with E-state index in [9.17, 15) is 18.0 Å². The van der Waals surface area contributed by atoms with Crippen molar-refractivity contribution in [2.24, 2.45) is 0 Å². The van der Waals surface area contributed by atoms with Crippen LogP contribution in [0.1, 0.15) is 48.6 Å². The summed E-state index contributed by atoms with van der Waals surface area (Å²) in [7, 11) is -4.10. The first-order valence-electron chi connectivity index (χ1n) is 13.1. The summed E-state index contributed by atoms with van der Waals surface area (Å²) in [5.74, 6) is -0.773. The molecular weight excluding hydrogens is 510 g/mol. The van der Waals surface area contributed by atoms with Gasteiger partial charge < -0.3 is 10.2 Å². The monoisotopic (exact) mass is 549 g/mol. The molecule has 3 aromatic rings. The molecule has 208 valence electrons. The zero-order chi connectivity index (χ0) is 28.9. The Bertz CT molecular complexity index is 1430. The molecule has 0 heterocycles. The second-order valence-electron chi connectivity index (χ2n) is 10.5. The van der Waals surface area contributed by atoms with Crippen molar-refractivity contribution in [3.63, 3.8) is 0 Å². The molecule has 0 aliphatic rings. The van der Waals surface area contributed by atoms with E-state index in [4.69, 9.17) is 0 Å². The van der Waals surface area contributed by atoms with Gasteiger partial charge in [0.05, 0.1) is 10.6 Å². The lowest BCUT2D eigenvalue weighted by Crippen LogP contribution is -2.52. The van der Waals surface area contributed by atoms with Gasteiger partial charge in [-0.15, -0.1) is 0 Å². The largest absolute Gasteiger partial charge is 0.352 e. The minimum atomic E-state index is -4.10. The van der Waals surface area contributed by atoms with Crippen LogP contribution in [0.3, 0.4) is 0 Å². The van der Waals surface area contributed by atoms with Crippen LogP contribution in [-0.4, -0.2) is 43.8 Å². The highest BCUT2D eigenvalue weighted by Gasteiger charge is 2.33. The summed E-state index contributed by atoms with van der Waals surface area (Å²) >= 11 is 0. The summed E-state index contributed by atoms with van der Waals surface area (Å²) in [6.45, 7) is 12.6. The van der Waals surface area contributed by atoms with Crippen molar-refractivity contribution >= 4 is 27.5 Å². The number of carbonyl (C=O) groups is 2. The highest BCUT2D eigenvalue weighted by atomic mass is 32.2. The van der Waals surface area contributed by atoms with E-state index in [0.29, 0.717) is 5.69 Å². The van der Waals surface area contributed by atoms with Gasteiger partial charge in [-0.25, -0.2) is 8.42 Å². The van der Waals surface area contributed by atoms with Gasteiger partial charge in [0.15, 0.2) is 0 Å². The first-order chi connectivity index (χ1) is 18.3. The Balaban J connectivity index is 2.08. The molecule has 1 atom stereocenters. The van der Waals surface area contributed by atoms with Gasteiger partial charge in [-0.1, -0.05) is 59.7 Å². The number of anilines is 1. The van der Waals surface area contributed by atoms with Gasteiger partial charge in [-0.05, 0) is 83.4 Å². The highest BCUT2D eigenvalue weighted by molar-refractivity contribution is 7.92. The van der Waals surface area contributed by atoms with E-state index in [1.165, 1.54) is 9.21 Å². The van der Waals surface area contributed by atoms with E-state index >= 15 is 0 Å². The fourth-order valence-corrected chi connectivity index (χ4v) is 5.80. The Hall–Kier alpha value is -3.65. The highest BCUT2D eigenvalue weighted by Crippen LogP contribution is 2.28. The molecule has 0 saturated heterocycles. The molecule has 0 radical (unpaired) electrons. The van der Waals surface area contributed by atoms with Crippen LogP contribution in [0.25, 0.3) is 0 Å². The Morgan fingerprint density at radius 2 is 1.44 bits per heavy atom. The lowest BCUT2D eigenvalue weighted by molar-refractivity contribution is -0.139. The zero-order valence-electron chi connectivity index (χ0n) is 23.9. The van der Waals surface area contributed by atoms with Gasteiger partial charge in [-0.2, -0.15) is 0 Å². The predicted octanol–water partition coefficient (Wildman–Crippen LogP) is 5.06. The Labute approximate surface area is 232 Å². The summed E-state index contributed by atoms with van der Waals surface area (Å²) in [5.41, 5.74) is 4.83. The van der Waals surface area contributed by atoms with Gasteiger partial charge in [0.2, 0.25) is 11.8 Å². The first kappa shape index (κ1) is 29.9. The van der Waals surface area contributed by atoms with Crippen molar-refractivity contribution < 1.29 is 18.0 Å². The van der Waals surface area contributed by atoms with E-state index in [1.54, 1.807) is 37.3 Å². The average Bonchev–Trinajstić information content (AvgIpc) is 2.86. The fourth-order valence-electron chi connectivity index (χ4n) is 4.33. The number of amides is 2. The molecule has 1 N–H and O–H groups in total. The van der Waals surface area contributed by atoms with Crippen LogP contribution in [0, 0.1) is 27.7 Å². The SMILES string of the molecule is Cc1ccc(S(=O)(=O)N(CC(=O)N(Cc2cccc(C)c2)[C@H](C)C(=O)NC(C)C)c2cc(C)ccc2C)cc1. The van der Waals surface area contributed by atoms with Crippen LogP contribution in [-0.2, 0) is 26.2 Å². The quantitative estimate of drug-likeness (QED) is 0.383. The summed E-state index contributed by atoms with van der Waals surface area (Å²) in [6.07, 6.45) is 0. The van der Waals surface area contributed by atoms with E-state index in [1.807, 2.05) is 77.9 Å². The number of carbonyl (C=O) groups excluding carboxylic acids is 2. The van der Waals surface area contributed by atoms with Crippen molar-refractivity contribution in [1.82, 2.24) is 10.2 Å². The number of hydrogen-bond donors (Lipinski definition) is 1. The van der Waals surface area contributed by atoms with E-state index in [2.05, 4.69) is 5.32 Å². The van der Waals surface area contributed by atoms with E-state index in [0.717, 1.165) is 27.8 Å². The summed E-state index contributed by atoms with van der Waals surface area (Å²) in [5, 5.41) is 2.87.